The molecule has 0 amide bonds. The van der Waals surface area contributed by atoms with E-state index in [2.05, 4.69) is 9.97 Å². The van der Waals surface area contributed by atoms with E-state index in [0.717, 1.165) is 0 Å². The standard InChI is InChI=1S/C17H19N3O4S/c1-13(21)14-3-2-4-16(11-14)25(22,23)20-9-5-15(6-10-20)24-17-12-18-7-8-19-17/h2-4,7-8,11-12,15H,5-6,9-10H2,1H3. The number of Topliss-reactive ketones (excluding diaryl/α,β-unsaturated/α-hetero) is 1. The van der Waals surface area contributed by atoms with E-state index in [9.17, 15) is 13.2 Å². The van der Waals surface area contributed by atoms with Gasteiger partial charge >= 0.3 is 0 Å². The molecule has 1 fully saturated rings. The molecular weight excluding hydrogens is 342 g/mol. The Kier molecular flexibility index (Phi) is 5.10. The number of carbonyl (C=O) groups excluding carboxylic acids is 1. The Morgan fingerprint density at radius 2 is 2.00 bits per heavy atom. The predicted molar refractivity (Wildman–Crippen MR) is 90.9 cm³/mol. The molecule has 0 N–H and O–H groups in total. The summed E-state index contributed by atoms with van der Waals surface area (Å²) in [6.07, 6.45) is 5.71. The molecule has 0 aliphatic carbocycles. The molecule has 1 aliphatic heterocycles. The van der Waals surface area contributed by atoms with Gasteiger partial charge in [-0.2, -0.15) is 4.31 Å². The van der Waals surface area contributed by atoms with Crippen molar-refractivity contribution in [1.29, 1.82) is 0 Å². The summed E-state index contributed by atoms with van der Waals surface area (Å²) in [7, 11) is -3.62. The Hall–Kier alpha value is -2.32. The predicted octanol–water partition coefficient (Wildman–Crippen LogP) is 1.91. The van der Waals surface area contributed by atoms with Crippen LogP contribution >= 0.6 is 0 Å². The van der Waals surface area contributed by atoms with E-state index in [4.69, 9.17) is 4.74 Å². The van der Waals surface area contributed by atoms with Crippen molar-refractivity contribution in [2.75, 3.05) is 13.1 Å². The third kappa shape index (κ3) is 4.02. The Morgan fingerprint density at radius 3 is 2.64 bits per heavy atom. The molecule has 1 aromatic heterocycles. The molecule has 0 atom stereocenters. The van der Waals surface area contributed by atoms with Crippen molar-refractivity contribution in [3.05, 3.63) is 48.4 Å². The lowest BCUT2D eigenvalue weighted by molar-refractivity contribution is 0.101. The van der Waals surface area contributed by atoms with Crippen LogP contribution in [0.15, 0.2) is 47.8 Å². The van der Waals surface area contributed by atoms with Crippen LogP contribution in [0.1, 0.15) is 30.1 Å². The van der Waals surface area contributed by atoms with Crippen molar-refractivity contribution < 1.29 is 17.9 Å². The summed E-state index contributed by atoms with van der Waals surface area (Å²) in [4.78, 5) is 19.6. The van der Waals surface area contributed by atoms with Crippen LogP contribution in [-0.2, 0) is 10.0 Å². The van der Waals surface area contributed by atoms with Crippen LogP contribution in [0.2, 0.25) is 0 Å². The molecule has 0 spiro atoms. The fourth-order valence-electron chi connectivity index (χ4n) is 2.73. The largest absolute Gasteiger partial charge is 0.473 e. The van der Waals surface area contributed by atoms with Gasteiger partial charge in [0.05, 0.1) is 11.1 Å². The number of carbonyl (C=O) groups is 1. The van der Waals surface area contributed by atoms with Gasteiger partial charge in [0, 0.05) is 31.0 Å². The van der Waals surface area contributed by atoms with E-state index in [1.54, 1.807) is 24.5 Å². The Morgan fingerprint density at radius 1 is 1.24 bits per heavy atom. The van der Waals surface area contributed by atoms with Crippen molar-refractivity contribution >= 4 is 15.8 Å². The van der Waals surface area contributed by atoms with E-state index >= 15 is 0 Å². The fraction of sp³-hybridized carbons (Fsp3) is 0.353. The summed E-state index contributed by atoms with van der Waals surface area (Å²) in [6.45, 7) is 2.14. The Labute approximate surface area is 146 Å². The average Bonchev–Trinajstić information content (AvgIpc) is 2.63. The lowest BCUT2D eigenvalue weighted by Gasteiger charge is -2.31. The molecule has 0 saturated carbocycles. The highest BCUT2D eigenvalue weighted by atomic mass is 32.2. The van der Waals surface area contributed by atoms with Crippen LogP contribution in [-0.4, -0.2) is 47.7 Å². The lowest BCUT2D eigenvalue weighted by Crippen LogP contribution is -2.41. The molecule has 2 heterocycles. The lowest BCUT2D eigenvalue weighted by atomic mass is 10.1. The quantitative estimate of drug-likeness (QED) is 0.756. The van der Waals surface area contributed by atoms with E-state index < -0.39 is 10.0 Å². The van der Waals surface area contributed by atoms with Gasteiger partial charge < -0.3 is 4.74 Å². The second kappa shape index (κ2) is 7.28. The van der Waals surface area contributed by atoms with Crippen molar-refractivity contribution in [1.82, 2.24) is 14.3 Å². The van der Waals surface area contributed by atoms with Crippen molar-refractivity contribution in [2.45, 2.75) is 30.8 Å². The summed E-state index contributed by atoms with van der Waals surface area (Å²) >= 11 is 0. The number of benzene rings is 1. The van der Waals surface area contributed by atoms with Gasteiger partial charge in [-0.15, -0.1) is 0 Å². The number of rotatable bonds is 5. The highest BCUT2D eigenvalue weighted by Gasteiger charge is 2.30. The second-order valence-electron chi connectivity index (χ2n) is 5.85. The number of aromatic nitrogens is 2. The normalized spacial score (nSPS) is 16.5. The number of piperidine rings is 1. The van der Waals surface area contributed by atoms with Gasteiger partial charge in [-0.1, -0.05) is 12.1 Å². The first-order valence-electron chi connectivity index (χ1n) is 8.00. The van der Waals surface area contributed by atoms with Gasteiger partial charge in [-0.25, -0.2) is 13.4 Å². The van der Waals surface area contributed by atoms with Gasteiger partial charge in [0.2, 0.25) is 15.9 Å². The zero-order chi connectivity index (χ0) is 17.9. The summed E-state index contributed by atoms with van der Waals surface area (Å²) in [5.41, 5.74) is 0.391. The van der Waals surface area contributed by atoms with Gasteiger partial charge in [0.1, 0.15) is 6.10 Å². The first-order chi connectivity index (χ1) is 12.0. The number of hydrogen-bond acceptors (Lipinski definition) is 6. The van der Waals surface area contributed by atoms with Gasteiger partial charge in [0.25, 0.3) is 0 Å². The smallest absolute Gasteiger partial charge is 0.243 e. The molecule has 25 heavy (non-hydrogen) atoms. The minimum absolute atomic E-state index is 0.0910. The van der Waals surface area contributed by atoms with Gasteiger partial charge in [0.15, 0.2) is 5.78 Å². The zero-order valence-electron chi connectivity index (χ0n) is 13.8. The van der Waals surface area contributed by atoms with Crippen LogP contribution < -0.4 is 4.74 Å². The topological polar surface area (TPSA) is 89.5 Å². The van der Waals surface area contributed by atoms with E-state index in [0.29, 0.717) is 37.4 Å². The average molecular weight is 361 g/mol. The molecule has 1 aromatic carbocycles. The first kappa shape index (κ1) is 17.5. The van der Waals surface area contributed by atoms with Crippen LogP contribution in [0.3, 0.4) is 0 Å². The third-order valence-corrected chi connectivity index (χ3v) is 6.00. The molecule has 0 unspecified atom stereocenters. The van der Waals surface area contributed by atoms with Crippen LogP contribution in [0.4, 0.5) is 0 Å². The monoisotopic (exact) mass is 361 g/mol. The van der Waals surface area contributed by atoms with E-state index in [-0.39, 0.29) is 16.8 Å². The Bertz CT molecular complexity index is 847. The van der Waals surface area contributed by atoms with Gasteiger partial charge in [-0.05, 0) is 31.9 Å². The maximum atomic E-state index is 12.8. The van der Waals surface area contributed by atoms with Crippen LogP contribution in [0.25, 0.3) is 0 Å². The SMILES string of the molecule is CC(=O)c1cccc(S(=O)(=O)N2CCC(Oc3cnccn3)CC2)c1. The number of sulfonamides is 1. The summed E-state index contributed by atoms with van der Waals surface area (Å²) < 4.78 is 32.7. The maximum absolute atomic E-state index is 12.8. The minimum Gasteiger partial charge on any atom is -0.473 e. The summed E-state index contributed by atoms with van der Waals surface area (Å²) in [6, 6.07) is 6.15. The molecule has 7 nitrogen and oxygen atoms in total. The highest BCUT2D eigenvalue weighted by Crippen LogP contribution is 2.23. The molecule has 132 valence electrons. The molecule has 0 radical (unpaired) electrons. The summed E-state index contributed by atoms with van der Waals surface area (Å²) in [5.74, 6) is 0.283. The molecule has 8 heteroatoms. The summed E-state index contributed by atoms with van der Waals surface area (Å²) in [5, 5.41) is 0. The van der Waals surface area contributed by atoms with Gasteiger partial charge in [-0.3, -0.25) is 9.78 Å². The number of ketones is 1. The number of ether oxygens (including phenoxy) is 1. The highest BCUT2D eigenvalue weighted by molar-refractivity contribution is 7.89. The first-order valence-corrected chi connectivity index (χ1v) is 9.44. The van der Waals surface area contributed by atoms with Crippen molar-refractivity contribution in [3.63, 3.8) is 0 Å². The molecular formula is C17H19N3O4S. The molecule has 1 aliphatic rings. The molecule has 2 aromatic rings. The fourth-order valence-corrected chi connectivity index (χ4v) is 4.25. The van der Waals surface area contributed by atoms with E-state index in [1.807, 2.05) is 0 Å². The van der Waals surface area contributed by atoms with Crippen LogP contribution in [0, 0.1) is 0 Å². The zero-order valence-corrected chi connectivity index (χ0v) is 14.6. The molecule has 1 saturated heterocycles. The maximum Gasteiger partial charge on any atom is 0.243 e. The molecule has 3 rings (SSSR count). The molecule has 0 bridgehead atoms. The van der Waals surface area contributed by atoms with Crippen LogP contribution in [0.5, 0.6) is 5.88 Å². The van der Waals surface area contributed by atoms with E-state index in [1.165, 1.54) is 29.6 Å². The Balaban J connectivity index is 1.67. The second-order valence-corrected chi connectivity index (χ2v) is 7.79. The minimum atomic E-state index is -3.62. The third-order valence-electron chi connectivity index (χ3n) is 4.11. The van der Waals surface area contributed by atoms with Crippen molar-refractivity contribution in [2.24, 2.45) is 0 Å². The number of nitrogens with zero attached hydrogens (tertiary/aromatic N) is 3. The van der Waals surface area contributed by atoms with Crippen molar-refractivity contribution in [3.8, 4) is 5.88 Å². The number of hydrogen-bond donors (Lipinski definition) is 0.